The van der Waals surface area contributed by atoms with Gasteiger partial charge in [-0.05, 0) is 6.08 Å². The predicted molar refractivity (Wildman–Crippen MR) is 77.3 cm³/mol. The van der Waals surface area contributed by atoms with Crippen LogP contribution in [0.4, 0.5) is 0 Å². The van der Waals surface area contributed by atoms with E-state index in [1.807, 2.05) is 0 Å². The lowest BCUT2D eigenvalue weighted by molar-refractivity contribution is -0.142. The van der Waals surface area contributed by atoms with Gasteiger partial charge < -0.3 is 19.9 Å². The first-order valence-corrected chi connectivity index (χ1v) is 7.22. The van der Waals surface area contributed by atoms with E-state index in [0.29, 0.717) is 26.3 Å². The molecule has 0 spiro atoms. The summed E-state index contributed by atoms with van der Waals surface area (Å²) in [5.41, 5.74) is 0. The van der Waals surface area contributed by atoms with E-state index >= 15 is 0 Å². The molecule has 0 saturated carbocycles. The maximum Gasteiger partial charge on any atom is 0.325 e. The lowest BCUT2D eigenvalue weighted by atomic mass is 10.2. The fourth-order valence-corrected chi connectivity index (χ4v) is 2.06. The molecule has 1 atom stereocenters. The van der Waals surface area contributed by atoms with E-state index in [4.69, 9.17) is 37.8 Å². The minimum absolute atomic E-state index is 0.0242. The van der Waals surface area contributed by atoms with Crippen molar-refractivity contribution in [3.05, 3.63) is 10.6 Å². The molecule has 2 aliphatic rings. The van der Waals surface area contributed by atoms with Gasteiger partial charge in [-0.25, -0.2) is 0 Å². The standard InChI is InChI=1S/C8H11Cl2NO3.C4H9NO/c9-7(10)5-6(8(12)13)11-1-3-14-4-2-11;1-3-6-4-2-5-1/h5-6H,1-4H2,(H,12,13);5H,1-4H2. The summed E-state index contributed by atoms with van der Waals surface area (Å²) in [5, 5.41) is 12.1. The van der Waals surface area contributed by atoms with Crippen molar-refractivity contribution in [1.29, 1.82) is 0 Å². The van der Waals surface area contributed by atoms with Crippen LogP contribution in [0.2, 0.25) is 0 Å². The number of rotatable bonds is 3. The first-order chi connectivity index (χ1) is 9.61. The van der Waals surface area contributed by atoms with Crippen molar-refractivity contribution in [3.63, 3.8) is 0 Å². The summed E-state index contributed by atoms with van der Waals surface area (Å²) in [6.07, 6.45) is 1.32. The van der Waals surface area contributed by atoms with E-state index in [0.717, 1.165) is 26.3 Å². The Morgan fingerprint density at radius 1 is 1.15 bits per heavy atom. The second kappa shape index (κ2) is 10.4. The third-order valence-electron chi connectivity index (χ3n) is 2.82. The normalized spacial score (nSPS) is 21.3. The second-order valence-electron chi connectivity index (χ2n) is 4.25. The molecule has 2 N–H and O–H groups in total. The fourth-order valence-electron chi connectivity index (χ4n) is 1.82. The van der Waals surface area contributed by atoms with E-state index in [1.165, 1.54) is 6.08 Å². The first kappa shape index (κ1) is 17.7. The van der Waals surface area contributed by atoms with Gasteiger partial charge in [0.2, 0.25) is 0 Å². The number of carboxylic acids is 1. The summed E-state index contributed by atoms with van der Waals surface area (Å²) >= 11 is 10.9. The summed E-state index contributed by atoms with van der Waals surface area (Å²) in [5.74, 6) is -0.953. The summed E-state index contributed by atoms with van der Waals surface area (Å²) < 4.78 is 10.1. The minimum Gasteiger partial charge on any atom is -0.480 e. The Morgan fingerprint density at radius 3 is 2.05 bits per heavy atom. The number of halogens is 2. The van der Waals surface area contributed by atoms with Crippen LogP contribution in [0, 0.1) is 0 Å². The van der Waals surface area contributed by atoms with Crippen LogP contribution in [0.3, 0.4) is 0 Å². The molecule has 2 fully saturated rings. The van der Waals surface area contributed by atoms with Crippen molar-refractivity contribution >= 4 is 29.2 Å². The molecule has 20 heavy (non-hydrogen) atoms. The molecule has 0 aromatic rings. The number of nitrogens with one attached hydrogen (secondary N) is 1. The molecule has 2 rings (SSSR count). The Labute approximate surface area is 128 Å². The number of carboxylic acid groups (broad SMARTS) is 1. The van der Waals surface area contributed by atoms with Gasteiger partial charge in [0, 0.05) is 26.2 Å². The number of morpholine rings is 2. The zero-order chi connectivity index (χ0) is 14.8. The second-order valence-corrected chi connectivity index (χ2v) is 5.26. The van der Waals surface area contributed by atoms with Crippen LogP contribution >= 0.6 is 23.2 Å². The Morgan fingerprint density at radius 2 is 1.70 bits per heavy atom. The number of aliphatic carboxylic acids is 1. The largest absolute Gasteiger partial charge is 0.480 e. The molecular formula is C12H20Cl2N2O4. The molecule has 0 bridgehead atoms. The van der Waals surface area contributed by atoms with Gasteiger partial charge in [-0.2, -0.15) is 0 Å². The van der Waals surface area contributed by atoms with Gasteiger partial charge in [-0.15, -0.1) is 0 Å². The molecule has 0 aromatic carbocycles. The van der Waals surface area contributed by atoms with Crippen molar-refractivity contribution in [2.24, 2.45) is 0 Å². The highest BCUT2D eigenvalue weighted by atomic mass is 35.5. The molecule has 1 unspecified atom stereocenters. The first-order valence-electron chi connectivity index (χ1n) is 6.47. The van der Waals surface area contributed by atoms with Gasteiger partial charge in [0.1, 0.15) is 10.5 Å². The van der Waals surface area contributed by atoms with Crippen molar-refractivity contribution in [1.82, 2.24) is 10.2 Å². The van der Waals surface area contributed by atoms with Crippen LogP contribution in [0.5, 0.6) is 0 Å². The van der Waals surface area contributed by atoms with Gasteiger partial charge >= 0.3 is 5.97 Å². The van der Waals surface area contributed by atoms with E-state index in [9.17, 15) is 4.79 Å². The lowest BCUT2D eigenvalue weighted by Crippen LogP contribution is -2.46. The van der Waals surface area contributed by atoms with Gasteiger partial charge in [0.25, 0.3) is 0 Å². The maximum atomic E-state index is 10.9. The molecule has 0 amide bonds. The van der Waals surface area contributed by atoms with Gasteiger partial charge in [-0.1, -0.05) is 23.2 Å². The topological polar surface area (TPSA) is 71.0 Å². The van der Waals surface area contributed by atoms with E-state index in [2.05, 4.69) is 5.32 Å². The molecule has 0 aliphatic carbocycles. The summed E-state index contributed by atoms with van der Waals surface area (Å²) in [4.78, 5) is 12.7. The summed E-state index contributed by atoms with van der Waals surface area (Å²) in [7, 11) is 0. The lowest BCUT2D eigenvalue weighted by Gasteiger charge is -2.30. The van der Waals surface area contributed by atoms with Crippen LogP contribution < -0.4 is 5.32 Å². The van der Waals surface area contributed by atoms with Gasteiger partial charge in [-0.3, -0.25) is 9.69 Å². The molecule has 2 saturated heterocycles. The molecule has 0 radical (unpaired) electrons. The monoisotopic (exact) mass is 326 g/mol. The Hall–Kier alpha value is -0.370. The minimum atomic E-state index is -0.953. The van der Waals surface area contributed by atoms with E-state index < -0.39 is 12.0 Å². The Balaban J connectivity index is 0.000000276. The zero-order valence-corrected chi connectivity index (χ0v) is 12.7. The van der Waals surface area contributed by atoms with Crippen LogP contribution in [0.25, 0.3) is 0 Å². The third-order valence-corrected chi connectivity index (χ3v) is 3.07. The average Bonchev–Trinajstić information content (AvgIpc) is 2.48. The number of hydrogen-bond donors (Lipinski definition) is 2. The van der Waals surface area contributed by atoms with E-state index in [1.54, 1.807) is 4.90 Å². The van der Waals surface area contributed by atoms with Crippen molar-refractivity contribution in [2.45, 2.75) is 6.04 Å². The summed E-state index contributed by atoms with van der Waals surface area (Å²) in [6, 6.07) is -0.760. The quantitative estimate of drug-likeness (QED) is 0.795. The van der Waals surface area contributed by atoms with Crippen LogP contribution in [-0.2, 0) is 14.3 Å². The highest BCUT2D eigenvalue weighted by Gasteiger charge is 2.25. The average molecular weight is 327 g/mol. The third kappa shape index (κ3) is 7.42. The van der Waals surface area contributed by atoms with Gasteiger partial charge in [0.05, 0.1) is 26.4 Å². The summed E-state index contributed by atoms with van der Waals surface area (Å²) in [6.45, 7) is 6.07. The molecular weight excluding hydrogens is 307 g/mol. The Kier molecular flexibility index (Phi) is 9.17. The van der Waals surface area contributed by atoms with Gasteiger partial charge in [0.15, 0.2) is 0 Å². The molecule has 0 aromatic heterocycles. The number of hydrogen-bond acceptors (Lipinski definition) is 5. The van der Waals surface area contributed by atoms with Crippen molar-refractivity contribution in [2.75, 3.05) is 52.6 Å². The molecule has 8 heteroatoms. The number of ether oxygens (including phenoxy) is 2. The molecule has 2 heterocycles. The molecule has 2 aliphatic heterocycles. The predicted octanol–water partition coefficient (Wildman–Crippen LogP) is 0.697. The zero-order valence-electron chi connectivity index (χ0n) is 11.2. The highest BCUT2D eigenvalue weighted by Crippen LogP contribution is 2.13. The van der Waals surface area contributed by atoms with Crippen LogP contribution in [-0.4, -0.2) is 74.6 Å². The number of carbonyl (C=O) groups is 1. The van der Waals surface area contributed by atoms with Crippen molar-refractivity contribution in [3.8, 4) is 0 Å². The Bertz CT molecular complexity index is 303. The van der Waals surface area contributed by atoms with Crippen LogP contribution in [0.1, 0.15) is 0 Å². The fraction of sp³-hybridized carbons (Fsp3) is 0.750. The highest BCUT2D eigenvalue weighted by molar-refractivity contribution is 6.56. The molecule has 116 valence electrons. The smallest absolute Gasteiger partial charge is 0.325 e. The number of nitrogens with zero attached hydrogens (tertiary/aromatic N) is 1. The maximum absolute atomic E-state index is 10.9. The molecule has 6 nitrogen and oxygen atoms in total. The SMILES string of the molecule is C1COCCN1.O=C(O)C(C=C(Cl)Cl)N1CCOCC1. The van der Waals surface area contributed by atoms with Crippen molar-refractivity contribution < 1.29 is 19.4 Å². The van der Waals surface area contributed by atoms with Crippen LogP contribution in [0.15, 0.2) is 10.6 Å². The van der Waals surface area contributed by atoms with E-state index in [-0.39, 0.29) is 4.49 Å².